The highest BCUT2D eigenvalue weighted by Gasteiger charge is 2.31. The van der Waals surface area contributed by atoms with Gasteiger partial charge < -0.3 is 19.7 Å². The lowest BCUT2D eigenvalue weighted by Crippen LogP contribution is -2.34. The summed E-state index contributed by atoms with van der Waals surface area (Å²) in [6.07, 6.45) is 0. The highest BCUT2D eigenvalue weighted by atomic mass is 32.2. The fourth-order valence-corrected chi connectivity index (χ4v) is 4.97. The van der Waals surface area contributed by atoms with E-state index in [4.69, 9.17) is 9.47 Å². The van der Waals surface area contributed by atoms with E-state index in [1.54, 1.807) is 18.9 Å². The number of hydrogen-bond donors (Lipinski definition) is 1. The van der Waals surface area contributed by atoms with Crippen LogP contribution in [0.3, 0.4) is 0 Å². The van der Waals surface area contributed by atoms with Gasteiger partial charge in [0.05, 0.1) is 7.11 Å². The molecule has 1 aliphatic heterocycles. The summed E-state index contributed by atoms with van der Waals surface area (Å²) >= 11 is 1.75. The number of urea groups is 1. The predicted octanol–water partition coefficient (Wildman–Crippen LogP) is 6.17. The molecule has 6 heteroatoms. The number of methoxy groups -OCH3 is 1. The molecule has 0 bridgehead atoms. The molecule has 4 rings (SSSR count). The van der Waals surface area contributed by atoms with Gasteiger partial charge in [0, 0.05) is 18.0 Å². The van der Waals surface area contributed by atoms with Crippen molar-refractivity contribution in [3.05, 3.63) is 89.0 Å². The third kappa shape index (κ3) is 4.86. The van der Waals surface area contributed by atoms with E-state index in [0.717, 1.165) is 33.7 Å². The van der Waals surface area contributed by atoms with E-state index in [0.29, 0.717) is 24.7 Å². The van der Waals surface area contributed by atoms with Crippen molar-refractivity contribution in [1.82, 2.24) is 4.90 Å². The van der Waals surface area contributed by atoms with Crippen LogP contribution in [0.2, 0.25) is 0 Å². The zero-order valence-corrected chi connectivity index (χ0v) is 19.4. The monoisotopic (exact) mass is 448 g/mol. The van der Waals surface area contributed by atoms with Crippen LogP contribution in [0.15, 0.2) is 66.7 Å². The molecule has 1 aliphatic rings. The number of rotatable bonds is 6. The molecule has 0 saturated carbocycles. The topological polar surface area (TPSA) is 50.8 Å². The number of benzene rings is 3. The summed E-state index contributed by atoms with van der Waals surface area (Å²) in [5.74, 6) is 2.25. The Morgan fingerprint density at radius 2 is 1.88 bits per heavy atom. The molecular formula is C26H28N2O3S. The molecule has 32 heavy (non-hydrogen) atoms. The molecule has 2 amide bonds. The molecule has 3 aromatic rings. The molecule has 0 aliphatic carbocycles. The number of hydrogen-bond acceptors (Lipinski definition) is 4. The lowest BCUT2D eigenvalue weighted by Gasteiger charge is -2.25. The van der Waals surface area contributed by atoms with Crippen LogP contribution in [0.1, 0.15) is 27.6 Å². The molecule has 0 aromatic heterocycles. The maximum absolute atomic E-state index is 13.1. The number of ether oxygens (including phenoxy) is 2. The quantitative estimate of drug-likeness (QED) is 0.490. The minimum absolute atomic E-state index is 0.0720. The summed E-state index contributed by atoms with van der Waals surface area (Å²) in [5, 5.41) is 3.02. The number of nitrogens with one attached hydrogen (secondary N) is 1. The molecular weight excluding hydrogens is 420 g/mol. The fraction of sp³-hybridized carbons (Fsp3) is 0.269. The van der Waals surface area contributed by atoms with Gasteiger partial charge in [0.2, 0.25) is 0 Å². The Labute approximate surface area is 193 Å². The van der Waals surface area contributed by atoms with Gasteiger partial charge in [-0.05, 0) is 54.3 Å². The standard InChI is InChI=1S/C26H28N2O3S/c1-18-8-7-11-22(19(18)2)27-26(29)28-14-15-32-25(28)21-12-13-23(24(16-21)30-3)31-17-20-9-5-4-6-10-20/h4-13,16,25H,14-15,17H2,1-3H3,(H,27,29). The van der Waals surface area contributed by atoms with Crippen LogP contribution in [0, 0.1) is 13.8 Å². The van der Waals surface area contributed by atoms with E-state index < -0.39 is 0 Å². The number of aryl methyl sites for hydroxylation is 1. The van der Waals surface area contributed by atoms with Crippen molar-refractivity contribution in [2.75, 3.05) is 24.7 Å². The number of nitrogens with zero attached hydrogens (tertiary/aromatic N) is 1. The molecule has 1 fully saturated rings. The maximum Gasteiger partial charge on any atom is 0.323 e. The van der Waals surface area contributed by atoms with Crippen LogP contribution >= 0.6 is 11.8 Å². The number of anilines is 1. The summed E-state index contributed by atoms with van der Waals surface area (Å²) in [5.41, 5.74) is 5.22. The van der Waals surface area contributed by atoms with Gasteiger partial charge in [0.15, 0.2) is 11.5 Å². The first-order chi connectivity index (χ1) is 15.6. The van der Waals surface area contributed by atoms with Gasteiger partial charge >= 0.3 is 6.03 Å². The molecule has 1 heterocycles. The average molecular weight is 449 g/mol. The maximum atomic E-state index is 13.1. The Balaban J connectivity index is 1.49. The smallest absolute Gasteiger partial charge is 0.323 e. The molecule has 5 nitrogen and oxygen atoms in total. The number of amides is 2. The van der Waals surface area contributed by atoms with Gasteiger partial charge in [-0.1, -0.05) is 48.5 Å². The minimum atomic E-state index is -0.0860. The largest absolute Gasteiger partial charge is 0.493 e. The van der Waals surface area contributed by atoms with Crippen LogP contribution in [-0.2, 0) is 6.61 Å². The fourth-order valence-electron chi connectivity index (χ4n) is 3.72. The third-order valence-electron chi connectivity index (χ3n) is 5.71. The van der Waals surface area contributed by atoms with Gasteiger partial charge in [0.1, 0.15) is 12.0 Å². The molecule has 3 aromatic carbocycles. The Kier molecular flexibility index (Phi) is 6.90. The summed E-state index contributed by atoms with van der Waals surface area (Å²) in [6, 6.07) is 21.8. The van der Waals surface area contributed by atoms with Gasteiger partial charge in [-0.2, -0.15) is 0 Å². The predicted molar refractivity (Wildman–Crippen MR) is 131 cm³/mol. The molecule has 0 radical (unpaired) electrons. The van der Waals surface area contributed by atoms with Gasteiger partial charge in [0.25, 0.3) is 0 Å². The second-order valence-corrected chi connectivity index (χ2v) is 8.97. The number of carbonyl (C=O) groups is 1. The van der Waals surface area contributed by atoms with Crippen LogP contribution in [0.25, 0.3) is 0 Å². The lowest BCUT2D eigenvalue weighted by molar-refractivity contribution is 0.214. The average Bonchev–Trinajstić information content (AvgIpc) is 3.31. The SMILES string of the molecule is COc1cc(C2SCCN2C(=O)Nc2cccc(C)c2C)ccc1OCc1ccccc1. The Bertz CT molecular complexity index is 1090. The first-order valence-electron chi connectivity index (χ1n) is 10.7. The molecule has 0 spiro atoms. The van der Waals surface area contributed by atoms with Gasteiger partial charge in [-0.3, -0.25) is 0 Å². The van der Waals surface area contributed by atoms with Crippen molar-refractivity contribution in [1.29, 1.82) is 0 Å². The van der Waals surface area contributed by atoms with Crippen LogP contribution < -0.4 is 14.8 Å². The van der Waals surface area contributed by atoms with E-state index in [2.05, 4.69) is 5.32 Å². The summed E-state index contributed by atoms with van der Waals surface area (Å²) in [6.45, 7) is 5.24. The normalized spacial score (nSPS) is 15.5. The zero-order valence-electron chi connectivity index (χ0n) is 18.6. The summed E-state index contributed by atoms with van der Waals surface area (Å²) in [7, 11) is 1.64. The van der Waals surface area contributed by atoms with Gasteiger partial charge in [-0.15, -0.1) is 11.8 Å². The summed E-state index contributed by atoms with van der Waals surface area (Å²) < 4.78 is 11.6. The molecule has 1 saturated heterocycles. The van der Waals surface area contributed by atoms with E-state index in [1.165, 1.54) is 0 Å². The van der Waals surface area contributed by atoms with Crippen molar-refractivity contribution in [2.24, 2.45) is 0 Å². The second kappa shape index (κ2) is 10.0. The van der Waals surface area contributed by atoms with Crippen LogP contribution in [0.5, 0.6) is 11.5 Å². The Morgan fingerprint density at radius 3 is 2.66 bits per heavy atom. The molecule has 166 valence electrons. The van der Waals surface area contributed by atoms with E-state index >= 15 is 0 Å². The van der Waals surface area contributed by atoms with Crippen molar-refractivity contribution >= 4 is 23.5 Å². The van der Waals surface area contributed by atoms with Crippen LogP contribution in [-0.4, -0.2) is 30.3 Å². The molecule has 1 atom stereocenters. The van der Waals surface area contributed by atoms with E-state index in [9.17, 15) is 4.79 Å². The van der Waals surface area contributed by atoms with Gasteiger partial charge in [-0.25, -0.2) is 4.79 Å². The third-order valence-corrected chi connectivity index (χ3v) is 6.97. The Morgan fingerprint density at radius 1 is 1.06 bits per heavy atom. The van der Waals surface area contributed by atoms with Crippen molar-refractivity contribution in [3.8, 4) is 11.5 Å². The van der Waals surface area contributed by atoms with Crippen molar-refractivity contribution in [2.45, 2.75) is 25.8 Å². The Hall–Kier alpha value is -3.12. The first-order valence-corrected chi connectivity index (χ1v) is 11.7. The van der Waals surface area contributed by atoms with Crippen molar-refractivity contribution in [3.63, 3.8) is 0 Å². The van der Waals surface area contributed by atoms with E-state index in [1.807, 2.05) is 85.5 Å². The number of thioether (sulfide) groups is 1. The van der Waals surface area contributed by atoms with Crippen molar-refractivity contribution < 1.29 is 14.3 Å². The lowest BCUT2D eigenvalue weighted by atomic mass is 10.1. The zero-order chi connectivity index (χ0) is 22.5. The minimum Gasteiger partial charge on any atom is -0.493 e. The number of carbonyl (C=O) groups excluding carboxylic acids is 1. The highest BCUT2D eigenvalue weighted by Crippen LogP contribution is 2.41. The molecule has 1 N–H and O–H groups in total. The second-order valence-electron chi connectivity index (χ2n) is 7.78. The van der Waals surface area contributed by atoms with Crippen LogP contribution in [0.4, 0.5) is 10.5 Å². The van der Waals surface area contributed by atoms with E-state index in [-0.39, 0.29) is 11.4 Å². The summed E-state index contributed by atoms with van der Waals surface area (Å²) in [4.78, 5) is 15.0. The first kappa shape index (κ1) is 22.1. The molecule has 1 unspecified atom stereocenters. The highest BCUT2D eigenvalue weighted by molar-refractivity contribution is 7.99.